The van der Waals surface area contributed by atoms with Gasteiger partial charge in [0.2, 0.25) is 0 Å². The lowest BCUT2D eigenvalue weighted by atomic mass is 9.71. The molecule has 0 radical (unpaired) electrons. The van der Waals surface area contributed by atoms with E-state index >= 15 is 0 Å². The monoisotopic (exact) mass is 322 g/mol. The quantitative estimate of drug-likeness (QED) is 0.745. The van der Waals surface area contributed by atoms with Gasteiger partial charge in [0.1, 0.15) is 5.75 Å². The second-order valence-electron chi connectivity index (χ2n) is 7.06. The van der Waals surface area contributed by atoms with Crippen molar-refractivity contribution in [2.45, 2.75) is 25.7 Å². The molecule has 1 aliphatic heterocycles. The van der Waals surface area contributed by atoms with Crippen molar-refractivity contribution < 1.29 is 9.90 Å². The molecule has 1 fully saturated rings. The molecule has 1 heterocycles. The summed E-state index contributed by atoms with van der Waals surface area (Å²) in [7, 11) is 0. The lowest BCUT2D eigenvalue weighted by Gasteiger charge is -2.34. The molecule has 24 heavy (non-hydrogen) atoms. The third-order valence-electron chi connectivity index (χ3n) is 5.44. The fraction of sp³-hybridized carbons (Fsp3) is 0.350. The number of para-hydroxylation sites is 2. The number of amides is 1. The van der Waals surface area contributed by atoms with Crippen LogP contribution >= 0.6 is 0 Å². The summed E-state index contributed by atoms with van der Waals surface area (Å²) in [6, 6.07) is 12.8. The zero-order valence-corrected chi connectivity index (χ0v) is 13.6. The van der Waals surface area contributed by atoms with Crippen LogP contribution in [0.5, 0.6) is 5.75 Å². The number of phenols is 1. The largest absolute Gasteiger partial charge is 0.506 e. The SMILES string of the molecule is O=C(Nc1ccccc1O)c1ccc2c(c1)C[C@@]1(CCNC1)CC2. The van der Waals surface area contributed by atoms with Gasteiger partial charge in [-0.2, -0.15) is 0 Å². The van der Waals surface area contributed by atoms with Crippen molar-refractivity contribution in [3.8, 4) is 5.75 Å². The molecule has 4 rings (SSSR count). The Balaban J connectivity index is 1.57. The Morgan fingerprint density at radius 3 is 2.79 bits per heavy atom. The summed E-state index contributed by atoms with van der Waals surface area (Å²) in [6.45, 7) is 2.18. The van der Waals surface area contributed by atoms with Crippen LogP contribution in [0.15, 0.2) is 42.5 Å². The molecule has 1 atom stereocenters. The van der Waals surface area contributed by atoms with E-state index in [2.05, 4.69) is 16.7 Å². The number of aromatic hydroxyl groups is 1. The molecule has 1 aliphatic carbocycles. The second-order valence-corrected chi connectivity index (χ2v) is 7.06. The van der Waals surface area contributed by atoms with Crippen LogP contribution in [-0.4, -0.2) is 24.1 Å². The molecule has 0 bridgehead atoms. The van der Waals surface area contributed by atoms with Crippen LogP contribution in [0.1, 0.15) is 34.3 Å². The fourth-order valence-electron chi connectivity index (χ4n) is 4.00. The van der Waals surface area contributed by atoms with Crippen molar-refractivity contribution in [2.24, 2.45) is 5.41 Å². The molecule has 0 unspecified atom stereocenters. The minimum atomic E-state index is -0.177. The zero-order valence-electron chi connectivity index (χ0n) is 13.6. The van der Waals surface area contributed by atoms with Crippen LogP contribution in [0.3, 0.4) is 0 Å². The molecule has 0 saturated carbocycles. The molecule has 2 aromatic rings. The molecule has 1 amide bonds. The average Bonchev–Trinajstić information content (AvgIpc) is 3.04. The standard InChI is InChI=1S/C20H22N2O2/c23-18-4-2-1-3-17(18)22-19(24)15-6-5-14-7-8-20(9-10-21-13-20)12-16(14)11-15/h1-6,11,21,23H,7-10,12-13H2,(H,22,24)/t20-/m0/s1. The van der Waals surface area contributed by atoms with E-state index in [1.165, 1.54) is 24.0 Å². The van der Waals surface area contributed by atoms with Crippen LogP contribution in [0.4, 0.5) is 5.69 Å². The number of nitrogens with one attached hydrogen (secondary N) is 2. The highest BCUT2D eigenvalue weighted by atomic mass is 16.3. The smallest absolute Gasteiger partial charge is 0.255 e. The average molecular weight is 322 g/mol. The van der Waals surface area contributed by atoms with Gasteiger partial charge in [0, 0.05) is 12.1 Å². The van der Waals surface area contributed by atoms with Crippen LogP contribution < -0.4 is 10.6 Å². The Labute approximate surface area is 141 Å². The minimum Gasteiger partial charge on any atom is -0.506 e. The topological polar surface area (TPSA) is 61.4 Å². The van der Waals surface area contributed by atoms with E-state index in [-0.39, 0.29) is 11.7 Å². The van der Waals surface area contributed by atoms with E-state index in [4.69, 9.17) is 0 Å². The van der Waals surface area contributed by atoms with Crippen molar-refractivity contribution in [1.82, 2.24) is 5.32 Å². The second kappa shape index (κ2) is 5.95. The normalized spacial score (nSPS) is 22.3. The Hall–Kier alpha value is -2.33. The Kier molecular flexibility index (Phi) is 3.77. The van der Waals surface area contributed by atoms with E-state index < -0.39 is 0 Å². The maximum Gasteiger partial charge on any atom is 0.255 e. The molecule has 0 aromatic heterocycles. The van der Waals surface area contributed by atoms with Crippen LogP contribution in [0.25, 0.3) is 0 Å². The molecular weight excluding hydrogens is 300 g/mol. The van der Waals surface area contributed by atoms with Gasteiger partial charge in [-0.05, 0) is 73.0 Å². The summed E-state index contributed by atoms with van der Waals surface area (Å²) in [6.07, 6.45) is 4.60. The van der Waals surface area contributed by atoms with Crippen molar-refractivity contribution in [3.63, 3.8) is 0 Å². The third kappa shape index (κ3) is 2.78. The van der Waals surface area contributed by atoms with Gasteiger partial charge in [0.15, 0.2) is 0 Å². The maximum absolute atomic E-state index is 12.5. The lowest BCUT2D eigenvalue weighted by molar-refractivity contribution is 0.102. The number of hydrogen-bond donors (Lipinski definition) is 3. The lowest BCUT2D eigenvalue weighted by Crippen LogP contribution is -2.31. The molecule has 4 nitrogen and oxygen atoms in total. The van der Waals surface area contributed by atoms with E-state index in [1.807, 2.05) is 12.1 Å². The Morgan fingerprint density at radius 1 is 1.12 bits per heavy atom. The molecule has 3 N–H and O–H groups in total. The maximum atomic E-state index is 12.5. The van der Waals surface area contributed by atoms with E-state index in [0.717, 1.165) is 25.9 Å². The van der Waals surface area contributed by atoms with Gasteiger partial charge in [-0.15, -0.1) is 0 Å². The van der Waals surface area contributed by atoms with Gasteiger partial charge < -0.3 is 15.7 Å². The first-order chi connectivity index (χ1) is 11.7. The number of carbonyl (C=O) groups excluding carboxylic acids is 1. The highest BCUT2D eigenvalue weighted by molar-refractivity contribution is 6.05. The summed E-state index contributed by atoms with van der Waals surface area (Å²) in [5, 5.41) is 16.1. The number of carbonyl (C=O) groups is 1. The molecule has 1 saturated heterocycles. The Morgan fingerprint density at radius 2 is 2.00 bits per heavy atom. The van der Waals surface area contributed by atoms with Gasteiger partial charge in [-0.3, -0.25) is 4.79 Å². The number of anilines is 1. The highest BCUT2D eigenvalue weighted by Gasteiger charge is 2.37. The van der Waals surface area contributed by atoms with Crippen LogP contribution in [-0.2, 0) is 12.8 Å². The van der Waals surface area contributed by atoms with Crippen LogP contribution in [0, 0.1) is 5.41 Å². The van der Waals surface area contributed by atoms with Gasteiger partial charge in [-0.1, -0.05) is 18.2 Å². The number of hydrogen-bond acceptors (Lipinski definition) is 3. The van der Waals surface area contributed by atoms with Crippen molar-refractivity contribution in [1.29, 1.82) is 0 Å². The fourth-order valence-corrected chi connectivity index (χ4v) is 4.00. The van der Waals surface area contributed by atoms with Crippen molar-refractivity contribution in [2.75, 3.05) is 18.4 Å². The predicted molar refractivity (Wildman–Crippen MR) is 94.4 cm³/mol. The molecule has 124 valence electrons. The van der Waals surface area contributed by atoms with Crippen molar-refractivity contribution >= 4 is 11.6 Å². The summed E-state index contributed by atoms with van der Waals surface area (Å²) in [5.74, 6) is -0.0942. The summed E-state index contributed by atoms with van der Waals surface area (Å²) in [5.41, 5.74) is 4.14. The summed E-state index contributed by atoms with van der Waals surface area (Å²) in [4.78, 5) is 12.5. The first kappa shape index (κ1) is 15.2. The minimum absolute atomic E-state index is 0.0831. The molecule has 4 heteroatoms. The van der Waals surface area contributed by atoms with Gasteiger partial charge in [-0.25, -0.2) is 0 Å². The van der Waals surface area contributed by atoms with Gasteiger partial charge in [0.25, 0.3) is 5.91 Å². The summed E-state index contributed by atoms with van der Waals surface area (Å²) < 4.78 is 0. The number of aryl methyl sites for hydroxylation is 1. The zero-order chi connectivity index (χ0) is 16.6. The molecule has 1 spiro atoms. The first-order valence-electron chi connectivity index (χ1n) is 8.57. The molecule has 2 aliphatic rings. The first-order valence-corrected chi connectivity index (χ1v) is 8.57. The number of phenolic OH excluding ortho intramolecular Hbond substituents is 1. The predicted octanol–water partition coefficient (Wildman–Crippen LogP) is 3.11. The Bertz CT molecular complexity index is 779. The van der Waals surface area contributed by atoms with E-state index in [9.17, 15) is 9.90 Å². The number of fused-ring (bicyclic) bond motifs is 1. The number of benzene rings is 2. The van der Waals surface area contributed by atoms with Gasteiger partial charge in [0.05, 0.1) is 5.69 Å². The van der Waals surface area contributed by atoms with Gasteiger partial charge >= 0.3 is 0 Å². The van der Waals surface area contributed by atoms with E-state index in [1.54, 1.807) is 24.3 Å². The summed E-state index contributed by atoms with van der Waals surface area (Å²) >= 11 is 0. The third-order valence-corrected chi connectivity index (χ3v) is 5.44. The number of rotatable bonds is 2. The molecular formula is C20H22N2O2. The molecule has 2 aromatic carbocycles. The van der Waals surface area contributed by atoms with E-state index in [0.29, 0.717) is 16.7 Å². The van der Waals surface area contributed by atoms with Crippen LogP contribution in [0.2, 0.25) is 0 Å². The van der Waals surface area contributed by atoms with Crippen molar-refractivity contribution in [3.05, 3.63) is 59.2 Å². The highest BCUT2D eigenvalue weighted by Crippen LogP contribution is 2.40.